The van der Waals surface area contributed by atoms with Crippen molar-refractivity contribution in [2.75, 3.05) is 26.4 Å². The third-order valence-corrected chi connectivity index (χ3v) is 15.8. The van der Waals surface area contributed by atoms with Gasteiger partial charge in [0.15, 0.2) is 6.10 Å². The van der Waals surface area contributed by atoms with Crippen molar-refractivity contribution >= 4 is 19.8 Å². The fourth-order valence-corrected chi connectivity index (χ4v) is 10.3. The highest BCUT2D eigenvalue weighted by molar-refractivity contribution is 7.47. The summed E-state index contributed by atoms with van der Waals surface area (Å²) in [6, 6.07) is 0. The van der Waals surface area contributed by atoms with Crippen molar-refractivity contribution in [3.63, 3.8) is 0 Å². The van der Waals surface area contributed by atoms with Crippen LogP contribution in [0, 0.1) is 0 Å². The molecule has 0 aliphatic rings. The van der Waals surface area contributed by atoms with E-state index in [9.17, 15) is 19.0 Å². The van der Waals surface area contributed by atoms with E-state index in [1.165, 1.54) is 116 Å². The molecule has 514 valence electrons. The van der Waals surface area contributed by atoms with Crippen LogP contribution >= 0.6 is 7.82 Å². The SMILES string of the molecule is CC/C=C\C/C=C\C/C=C\C/C=C\C/C=C\C/C=C\C/C=C\C/C=C\C/C=C\C/C=C\C/C=C\CCCCCC(=O)OC(COC(=O)CCCCCCCCCCCCCCCCCCCCCC/C=C\C/C=C\C/C=C\C/C=C\CC)COP(=O)(O)OCCN. The number of carbonyl (C=O) groups is 2. The van der Waals surface area contributed by atoms with E-state index in [1.54, 1.807) is 0 Å². The van der Waals surface area contributed by atoms with Gasteiger partial charge in [-0.15, -0.1) is 0 Å². The van der Waals surface area contributed by atoms with Crippen LogP contribution in [0.3, 0.4) is 0 Å². The van der Waals surface area contributed by atoms with E-state index in [0.717, 1.165) is 135 Å². The van der Waals surface area contributed by atoms with Gasteiger partial charge in [0.1, 0.15) is 6.61 Å². The van der Waals surface area contributed by atoms with Crippen LogP contribution in [0.15, 0.2) is 182 Å². The molecule has 0 radical (unpaired) electrons. The first-order valence-corrected chi connectivity index (χ1v) is 37.8. The lowest BCUT2D eigenvalue weighted by Crippen LogP contribution is -2.29. The van der Waals surface area contributed by atoms with Gasteiger partial charge in [-0.2, -0.15) is 0 Å². The largest absolute Gasteiger partial charge is 0.472 e. The van der Waals surface area contributed by atoms with Gasteiger partial charge < -0.3 is 20.1 Å². The molecule has 0 bridgehead atoms. The van der Waals surface area contributed by atoms with Gasteiger partial charge in [0.05, 0.1) is 13.2 Å². The molecule has 0 aromatic carbocycles. The van der Waals surface area contributed by atoms with Crippen molar-refractivity contribution in [1.82, 2.24) is 0 Å². The average Bonchev–Trinajstić information content (AvgIpc) is 3.74. The lowest BCUT2D eigenvalue weighted by Gasteiger charge is -2.19. The molecule has 0 saturated carbocycles. The van der Waals surface area contributed by atoms with Gasteiger partial charge in [0.25, 0.3) is 0 Å². The van der Waals surface area contributed by atoms with Crippen molar-refractivity contribution in [3.8, 4) is 0 Å². The molecule has 0 aliphatic heterocycles. The smallest absolute Gasteiger partial charge is 0.462 e. The predicted octanol–water partition coefficient (Wildman–Crippen LogP) is 24.3. The lowest BCUT2D eigenvalue weighted by molar-refractivity contribution is -0.161. The number of nitrogens with two attached hydrogens (primary N) is 1. The van der Waals surface area contributed by atoms with E-state index in [4.69, 9.17) is 24.3 Å². The Morgan fingerprint density at radius 1 is 0.330 bits per heavy atom. The summed E-state index contributed by atoms with van der Waals surface area (Å²) in [4.78, 5) is 35.4. The molecular formula is C81H132NO8P. The van der Waals surface area contributed by atoms with E-state index >= 15 is 0 Å². The molecular weight excluding hydrogens is 1150 g/mol. The Hall–Kier alpha value is -4.89. The predicted molar refractivity (Wildman–Crippen MR) is 394 cm³/mol. The Bertz CT molecular complexity index is 2150. The fraction of sp³-hybridized carbons (Fsp3) is 0.605. The van der Waals surface area contributed by atoms with Crippen LogP contribution in [0.1, 0.15) is 284 Å². The van der Waals surface area contributed by atoms with Crippen molar-refractivity contribution < 1.29 is 37.6 Å². The highest BCUT2D eigenvalue weighted by Crippen LogP contribution is 2.43. The van der Waals surface area contributed by atoms with Crippen molar-refractivity contribution in [2.45, 2.75) is 290 Å². The Kier molecular flexibility index (Phi) is 70.2. The quantitative estimate of drug-likeness (QED) is 0.0264. The van der Waals surface area contributed by atoms with Crippen LogP contribution in [0.2, 0.25) is 0 Å². The molecule has 0 aromatic heterocycles. The normalized spacial score (nSPS) is 14.0. The van der Waals surface area contributed by atoms with Crippen LogP contribution in [-0.2, 0) is 32.7 Å². The van der Waals surface area contributed by atoms with E-state index in [0.29, 0.717) is 6.42 Å². The monoisotopic (exact) mass is 1280 g/mol. The summed E-state index contributed by atoms with van der Waals surface area (Å²) < 4.78 is 33.2. The first-order chi connectivity index (χ1) is 44.8. The van der Waals surface area contributed by atoms with Crippen molar-refractivity contribution in [1.29, 1.82) is 0 Å². The summed E-state index contributed by atoms with van der Waals surface area (Å²) in [6.07, 6.45) is 111. The van der Waals surface area contributed by atoms with E-state index < -0.39 is 32.5 Å². The minimum Gasteiger partial charge on any atom is -0.462 e. The fourth-order valence-electron chi connectivity index (χ4n) is 9.52. The molecule has 91 heavy (non-hydrogen) atoms. The molecule has 0 saturated heterocycles. The van der Waals surface area contributed by atoms with Gasteiger partial charge >= 0.3 is 19.8 Å². The van der Waals surface area contributed by atoms with Gasteiger partial charge in [0, 0.05) is 19.4 Å². The summed E-state index contributed by atoms with van der Waals surface area (Å²) in [5.41, 5.74) is 5.40. The number of esters is 2. The van der Waals surface area contributed by atoms with E-state index in [2.05, 4.69) is 196 Å². The van der Waals surface area contributed by atoms with Crippen molar-refractivity contribution in [3.05, 3.63) is 182 Å². The number of phosphoric ester groups is 1. The van der Waals surface area contributed by atoms with Crippen LogP contribution in [-0.4, -0.2) is 49.3 Å². The number of carbonyl (C=O) groups excluding carboxylic acids is 2. The third-order valence-electron chi connectivity index (χ3n) is 14.8. The molecule has 0 aliphatic carbocycles. The van der Waals surface area contributed by atoms with Gasteiger partial charge in [0.2, 0.25) is 0 Å². The molecule has 9 nitrogen and oxygen atoms in total. The van der Waals surface area contributed by atoms with Gasteiger partial charge in [-0.05, 0) is 135 Å². The van der Waals surface area contributed by atoms with Crippen molar-refractivity contribution in [2.24, 2.45) is 5.73 Å². The van der Waals surface area contributed by atoms with Crippen LogP contribution in [0.25, 0.3) is 0 Å². The Labute approximate surface area is 558 Å². The van der Waals surface area contributed by atoms with Crippen LogP contribution in [0.4, 0.5) is 0 Å². The molecule has 0 fully saturated rings. The minimum atomic E-state index is -4.42. The summed E-state index contributed by atoms with van der Waals surface area (Å²) in [6.45, 7) is 3.48. The summed E-state index contributed by atoms with van der Waals surface area (Å²) in [7, 11) is -4.42. The maximum absolute atomic E-state index is 12.8. The maximum atomic E-state index is 12.8. The zero-order valence-electron chi connectivity index (χ0n) is 57.8. The maximum Gasteiger partial charge on any atom is 0.472 e. The standard InChI is InChI=1S/C81H132NO8P/c1-3-5-7-9-11-13-15-17-19-21-23-25-27-29-31-33-35-37-38-39-40-42-44-46-48-50-52-54-56-58-60-62-64-66-68-70-72-74-81(84)90-79(78-89-91(85,86)88-76-75-82)77-87-80(83)73-71-69-67-65-63-61-59-57-55-53-51-49-47-45-43-41-36-34-32-30-28-26-24-22-20-18-16-14-12-10-8-6-4-2/h5-8,11-14,17-20,23-26,29,31,35,37,39-40,44,46,50,52,56,58,62,64,79H,3-4,9-10,15-16,21-22,27-28,30,32-34,36,38,41-43,45,47-49,51,53-55,57,59-61,63,65-78,82H2,1-2H3,(H,85,86)/b7-5-,8-6-,13-11-,14-12-,19-17-,20-18-,25-23-,26-24-,31-29-,37-35-,40-39-,46-44-,52-50-,58-56-,64-62-. The number of phosphoric acid groups is 1. The topological polar surface area (TPSA) is 134 Å². The zero-order valence-corrected chi connectivity index (χ0v) is 58.6. The highest BCUT2D eigenvalue weighted by atomic mass is 31.2. The molecule has 3 N–H and O–H groups in total. The summed E-state index contributed by atoms with van der Waals surface area (Å²) in [5.74, 6) is -0.871. The second-order valence-corrected chi connectivity index (χ2v) is 24.8. The number of rotatable bonds is 66. The summed E-state index contributed by atoms with van der Waals surface area (Å²) in [5, 5.41) is 0. The molecule has 2 atom stereocenters. The number of allylic oxidation sites excluding steroid dienone is 30. The number of hydrogen-bond donors (Lipinski definition) is 2. The Balaban J connectivity index is 3.99. The first-order valence-electron chi connectivity index (χ1n) is 36.3. The van der Waals surface area contributed by atoms with E-state index in [-0.39, 0.29) is 32.6 Å². The second kappa shape index (κ2) is 74.2. The minimum absolute atomic E-state index is 0.0395. The molecule has 10 heteroatoms. The molecule has 2 unspecified atom stereocenters. The zero-order chi connectivity index (χ0) is 65.8. The number of hydrogen-bond acceptors (Lipinski definition) is 8. The molecule has 0 spiro atoms. The Morgan fingerprint density at radius 2 is 0.571 bits per heavy atom. The molecule has 0 heterocycles. The first kappa shape index (κ1) is 86.1. The van der Waals surface area contributed by atoms with Gasteiger partial charge in [-0.1, -0.05) is 318 Å². The highest BCUT2D eigenvalue weighted by Gasteiger charge is 2.26. The number of ether oxygens (including phenoxy) is 2. The Morgan fingerprint density at radius 3 is 0.857 bits per heavy atom. The average molecular weight is 1280 g/mol. The molecule has 0 rings (SSSR count). The summed E-state index contributed by atoms with van der Waals surface area (Å²) >= 11 is 0. The van der Waals surface area contributed by atoms with Gasteiger partial charge in [-0.25, -0.2) is 4.57 Å². The second-order valence-electron chi connectivity index (χ2n) is 23.3. The molecule has 0 amide bonds. The lowest BCUT2D eigenvalue weighted by atomic mass is 10.0. The molecule has 0 aromatic rings. The van der Waals surface area contributed by atoms with Crippen LogP contribution < -0.4 is 5.73 Å². The van der Waals surface area contributed by atoms with Gasteiger partial charge in [-0.3, -0.25) is 18.6 Å². The number of unbranched alkanes of at least 4 members (excludes halogenated alkanes) is 23. The van der Waals surface area contributed by atoms with E-state index in [1.807, 2.05) is 0 Å². The van der Waals surface area contributed by atoms with Crippen LogP contribution in [0.5, 0.6) is 0 Å². The third kappa shape index (κ3) is 74.0.